The second-order valence-electron chi connectivity index (χ2n) is 4.06. The Balaban J connectivity index is 2.35. The Kier molecular flexibility index (Phi) is 4.50. The molecular weight excluding hydrogens is 339 g/mol. The maximum atomic E-state index is 13.3. The highest BCUT2D eigenvalue weighted by Gasteiger charge is 2.15. The molecule has 0 spiro atoms. The predicted octanol–water partition coefficient (Wildman–Crippen LogP) is 3.15. The zero-order chi connectivity index (χ0) is 15.4. The van der Waals surface area contributed by atoms with E-state index in [1.54, 1.807) is 25.2 Å². The van der Waals surface area contributed by atoms with E-state index in [4.69, 9.17) is 5.26 Å². The molecule has 0 bridgehead atoms. The highest BCUT2D eigenvalue weighted by molar-refractivity contribution is 9.10. The first-order valence-corrected chi connectivity index (χ1v) is 6.68. The number of benzene rings is 1. The Labute approximate surface area is 128 Å². The van der Waals surface area contributed by atoms with Crippen LogP contribution in [0.4, 0.5) is 15.9 Å². The molecule has 0 unspecified atom stereocenters. The van der Waals surface area contributed by atoms with Gasteiger partial charge in [0.05, 0.1) is 23.0 Å². The number of amides is 1. The van der Waals surface area contributed by atoms with Crippen LogP contribution in [0.25, 0.3) is 0 Å². The van der Waals surface area contributed by atoms with Crippen molar-refractivity contribution in [2.45, 2.75) is 0 Å². The Bertz CT molecular complexity index is 742. The summed E-state index contributed by atoms with van der Waals surface area (Å²) in [7, 11) is 1.58. The predicted molar refractivity (Wildman–Crippen MR) is 80.6 cm³/mol. The Morgan fingerprint density at radius 3 is 2.86 bits per heavy atom. The van der Waals surface area contributed by atoms with Crippen molar-refractivity contribution in [1.29, 1.82) is 5.26 Å². The van der Waals surface area contributed by atoms with Gasteiger partial charge in [-0.25, -0.2) is 9.37 Å². The molecule has 106 valence electrons. The van der Waals surface area contributed by atoms with Crippen LogP contribution in [-0.2, 0) is 0 Å². The minimum Gasteiger partial charge on any atom is -0.372 e. The number of hydrogen-bond donors (Lipinski definition) is 2. The normalized spacial score (nSPS) is 9.81. The van der Waals surface area contributed by atoms with Crippen molar-refractivity contribution in [2.75, 3.05) is 17.7 Å². The molecule has 1 heterocycles. The number of nitrogens with one attached hydrogen (secondary N) is 2. The summed E-state index contributed by atoms with van der Waals surface area (Å²) >= 11 is 3.25. The fourth-order valence-electron chi connectivity index (χ4n) is 1.72. The quantitative estimate of drug-likeness (QED) is 0.892. The van der Waals surface area contributed by atoms with Crippen molar-refractivity contribution in [3.05, 3.63) is 51.9 Å². The van der Waals surface area contributed by atoms with E-state index in [0.29, 0.717) is 11.3 Å². The Morgan fingerprint density at radius 2 is 2.19 bits per heavy atom. The molecule has 0 saturated carbocycles. The van der Waals surface area contributed by atoms with Crippen molar-refractivity contribution in [3.8, 4) is 6.07 Å². The van der Waals surface area contributed by atoms with E-state index in [9.17, 15) is 9.18 Å². The summed E-state index contributed by atoms with van der Waals surface area (Å²) in [5.74, 6) is -0.912. The summed E-state index contributed by atoms with van der Waals surface area (Å²) in [4.78, 5) is 16.0. The molecule has 0 aliphatic heterocycles. The molecule has 0 fully saturated rings. The van der Waals surface area contributed by atoms with E-state index in [1.165, 1.54) is 0 Å². The highest BCUT2D eigenvalue weighted by atomic mass is 79.9. The van der Waals surface area contributed by atoms with Crippen LogP contribution in [0.3, 0.4) is 0 Å². The zero-order valence-electron chi connectivity index (χ0n) is 10.9. The van der Waals surface area contributed by atoms with Crippen LogP contribution in [0, 0.1) is 17.1 Å². The number of hydrogen-bond acceptors (Lipinski definition) is 4. The fraction of sp³-hybridized carbons (Fsp3) is 0.0714. The van der Waals surface area contributed by atoms with E-state index >= 15 is 0 Å². The van der Waals surface area contributed by atoms with Crippen molar-refractivity contribution < 1.29 is 9.18 Å². The minimum absolute atomic E-state index is 0.0595. The fourth-order valence-corrected chi connectivity index (χ4v) is 2.08. The summed E-state index contributed by atoms with van der Waals surface area (Å²) in [5.41, 5.74) is 0.703. The molecule has 0 atom stereocenters. The molecule has 1 aromatic heterocycles. The molecule has 1 aromatic carbocycles. The number of rotatable bonds is 3. The van der Waals surface area contributed by atoms with Crippen LogP contribution in [0.2, 0.25) is 0 Å². The summed E-state index contributed by atoms with van der Waals surface area (Å²) in [6, 6.07) is 7.93. The van der Waals surface area contributed by atoms with Gasteiger partial charge >= 0.3 is 0 Å². The van der Waals surface area contributed by atoms with Crippen LogP contribution in [-0.4, -0.2) is 17.9 Å². The van der Waals surface area contributed by atoms with Gasteiger partial charge in [-0.05, 0) is 24.3 Å². The Morgan fingerprint density at radius 1 is 1.43 bits per heavy atom. The molecule has 0 saturated heterocycles. The number of carbonyl (C=O) groups excluding carboxylic acids is 1. The molecule has 1 amide bonds. The van der Waals surface area contributed by atoms with E-state index in [-0.39, 0.29) is 11.4 Å². The van der Waals surface area contributed by atoms with Gasteiger partial charge in [-0.15, -0.1) is 0 Å². The number of aromatic nitrogens is 1. The largest absolute Gasteiger partial charge is 0.372 e. The van der Waals surface area contributed by atoms with Gasteiger partial charge in [0.15, 0.2) is 0 Å². The molecule has 5 nitrogen and oxygen atoms in total. The third kappa shape index (κ3) is 3.35. The number of nitrogens with zero attached hydrogens (tertiary/aromatic N) is 2. The molecule has 0 aliphatic carbocycles. The number of nitriles is 1. The lowest BCUT2D eigenvalue weighted by Gasteiger charge is -2.10. The van der Waals surface area contributed by atoms with Crippen molar-refractivity contribution in [2.24, 2.45) is 0 Å². The van der Waals surface area contributed by atoms with Gasteiger partial charge in [-0.1, -0.05) is 15.9 Å². The lowest BCUT2D eigenvalue weighted by Crippen LogP contribution is -2.16. The third-order valence-electron chi connectivity index (χ3n) is 2.69. The van der Waals surface area contributed by atoms with Gasteiger partial charge in [-0.2, -0.15) is 5.26 Å². The summed E-state index contributed by atoms with van der Waals surface area (Å²) in [5, 5.41) is 14.4. The first kappa shape index (κ1) is 14.9. The molecule has 21 heavy (non-hydrogen) atoms. The average Bonchev–Trinajstić information content (AvgIpc) is 2.48. The molecule has 7 heteroatoms. The third-order valence-corrected chi connectivity index (χ3v) is 3.18. The molecule has 2 N–H and O–H groups in total. The molecule has 2 rings (SSSR count). The number of anilines is 2. The van der Waals surface area contributed by atoms with E-state index < -0.39 is 11.7 Å². The summed E-state index contributed by atoms with van der Waals surface area (Å²) in [6.07, 6.45) is 1.02. The molecule has 0 radical (unpaired) electrons. The van der Waals surface area contributed by atoms with Crippen LogP contribution < -0.4 is 10.6 Å². The zero-order valence-corrected chi connectivity index (χ0v) is 12.5. The smallest absolute Gasteiger partial charge is 0.259 e. The van der Waals surface area contributed by atoms with E-state index in [2.05, 4.69) is 31.5 Å². The molecule has 2 aromatic rings. The van der Waals surface area contributed by atoms with Crippen LogP contribution in [0.5, 0.6) is 0 Å². The van der Waals surface area contributed by atoms with Crippen molar-refractivity contribution >= 4 is 33.3 Å². The first-order chi connectivity index (χ1) is 10.0. The second kappa shape index (κ2) is 6.33. The van der Waals surface area contributed by atoms with Crippen LogP contribution in [0.15, 0.2) is 34.9 Å². The van der Waals surface area contributed by atoms with Gasteiger partial charge in [0, 0.05) is 11.5 Å². The lowest BCUT2D eigenvalue weighted by molar-refractivity contribution is 0.102. The number of halogens is 2. The van der Waals surface area contributed by atoms with Gasteiger partial charge in [0.2, 0.25) is 0 Å². The second-order valence-corrected chi connectivity index (χ2v) is 4.97. The highest BCUT2D eigenvalue weighted by Crippen LogP contribution is 2.22. The van der Waals surface area contributed by atoms with Crippen LogP contribution in [0.1, 0.15) is 15.9 Å². The average molecular weight is 349 g/mol. The summed E-state index contributed by atoms with van der Waals surface area (Å²) < 4.78 is 14.0. The Hall–Kier alpha value is -2.46. The SMILES string of the molecule is CNc1ncc(F)cc1C(=O)Nc1ccc(Br)cc1C#N. The van der Waals surface area contributed by atoms with Crippen molar-refractivity contribution in [3.63, 3.8) is 0 Å². The van der Waals surface area contributed by atoms with Gasteiger partial charge in [0.1, 0.15) is 17.7 Å². The van der Waals surface area contributed by atoms with Gasteiger partial charge in [0.25, 0.3) is 5.91 Å². The lowest BCUT2D eigenvalue weighted by atomic mass is 10.1. The first-order valence-electron chi connectivity index (χ1n) is 5.89. The van der Waals surface area contributed by atoms with Gasteiger partial charge < -0.3 is 10.6 Å². The maximum Gasteiger partial charge on any atom is 0.259 e. The minimum atomic E-state index is -0.615. The topological polar surface area (TPSA) is 77.8 Å². The van der Waals surface area contributed by atoms with Gasteiger partial charge in [-0.3, -0.25) is 4.79 Å². The maximum absolute atomic E-state index is 13.3. The molecule has 0 aliphatic rings. The van der Waals surface area contributed by atoms with Crippen molar-refractivity contribution in [1.82, 2.24) is 4.98 Å². The van der Waals surface area contributed by atoms with Crippen LogP contribution >= 0.6 is 15.9 Å². The van der Waals surface area contributed by atoms with E-state index in [1.807, 2.05) is 6.07 Å². The monoisotopic (exact) mass is 348 g/mol. The number of carbonyl (C=O) groups is 1. The summed E-state index contributed by atoms with van der Waals surface area (Å²) in [6.45, 7) is 0. The number of pyridine rings is 1. The van der Waals surface area contributed by atoms with E-state index in [0.717, 1.165) is 16.7 Å². The standard InChI is InChI=1S/C14H10BrFN4O/c1-18-13-11(5-10(16)7-19-13)14(21)20-12-3-2-9(15)4-8(12)6-17/h2-5,7H,1H3,(H,18,19)(H,20,21). The molecular formula is C14H10BrFN4O.